The molecule has 6 aliphatic rings. The maximum Gasteiger partial charge on any atom is 0.209 e. The number of unbranched alkanes of at least 4 members (excludes halogenated alkanes) is 2. The lowest BCUT2D eigenvalue weighted by molar-refractivity contribution is -0.438. The van der Waals surface area contributed by atoms with E-state index < -0.39 is 20.2 Å². The lowest BCUT2D eigenvalue weighted by Gasteiger charge is -2.27. The maximum absolute atomic E-state index is 11.4. The van der Waals surface area contributed by atoms with Crippen LogP contribution in [-0.4, -0.2) is 124 Å². The summed E-state index contributed by atoms with van der Waals surface area (Å²) in [5.74, 6) is -0.724. The van der Waals surface area contributed by atoms with Gasteiger partial charge in [0.1, 0.15) is 13.1 Å². The fourth-order valence-corrected chi connectivity index (χ4v) is 16.4. The Morgan fingerprint density at radius 2 is 0.806 bits per heavy atom. The number of fused-ring (bicyclic) bond motifs is 4. The van der Waals surface area contributed by atoms with Crippen molar-refractivity contribution < 1.29 is 49.3 Å². The van der Waals surface area contributed by atoms with E-state index in [1.54, 1.807) is 0 Å². The summed E-state index contributed by atoms with van der Waals surface area (Å²) in [5.41, 5.74) is 17.4. The minimum Gasteiger partial charge on any atom is -0.748 e. The molecule has 0 fully saturated rings. The number of allylic oxidation sites excluding steroid dienone is 16. The van der Waals surface area contributed by atoms with E-state index in [9.17, 15) is 25.9 Å². The SMILES string of the molecule is CC1(C)C(/C=C/C2=C(Cl)C(=C\C=C3/N(CCOCCOCCOCCN4/C(=C/C=C5\CCCC(/C=C/C6=[N+](CCCCS(=O)(=O)[O-])c7ccccc7C6(C)C)=C5Cl)C(C)(C)c5ccccc54)c4ccccc4C3(C)C)/CCC2)=[N+](CCCCS(=O)(=O)[O-])c2ccccc21. The highest BCUT2D eigenvalue weighted by atomic mass is 35.5. The molecule has 0 saturated carbocycles. The van der Waals surface area contributed by atoms with E-state index >= 15 is 0 Å². The average molecular weight is 1340 g/mol. The van der Waals surface area contributed by atoms with Gasteiger partial charge >= 0.3 is 0 Å². The summed E-state index contributed by atoms with van der Waals surface area (Å²) in [6.07, 6.45) is 24.8. The van der Waals surface area contributed by atoms with Crippen LogP contribution in [0.1, 0.15) is 142 Å². The Morgan fingerprint density at radius 1 is 0.452 bits per heavy atom. The van der Waals surface area contributed by atoms with E-state index in [0.29, 0.717) is 91.5 Å². The van der Waals surface area contributed by atoms with Crippen LogP contribution in [0, 0.1) is 0 Å². The number of benzene rings is 4. The average Bonchev–Trinajstić information content (AvgIpc) is 1.63. The Kier molecular flexibility index (Phi) is 22.2. The molecule has 0 N–H and O–H groups in total. The molecule has 0 unspecified atom stereocenters. The molecule has 4 aromatic rings. The zero-order chi connectivity index (χ0) is 66.3. The van der Waals surface area contributed by atoms with Gasteiger partial charge < -0.3 is 33.1 Å². The van der Waals surface area contributed by atoms with Crippen molar-refractivity contribution in [2.24, 2.45) is 0 Å². The monoisotopic (exact) mass is 1340 g/mol. The Hall–Kier alpha value is -5.98. The minimum atomic E-state index is -4.27. The molecule has 0 spiro atoms. The largest absolute Gasteiger partial charge is 0.748 e. The first kappa shape index (κ1) is 69.8. The number of para-hydroxylation sites is 4. The zero-order valence-corrected chi connectivity index (χ0v) is 58.6. The first-order chi connectivity index (χ1) is 44.3. The molecule has 0 amide bonds. The highest BCUT2D eigenvalue weighted by Crippen LogP contribution is 2.50. The summed E-state index contributed by atoms with van der Waals surface area (Å²) in [7, 11) is -8.54. The smallest absolute Gasteiger partial charge is 0.209 e. The maximum atomic E-state index is 11.4. The molecular formula is C76H92Cl2N4O9S2. The molecule has 2 aliphatic carbocycles. The van der Waals surface area contributed by atoms with E-state index in [1.807, 2.05) is 12.1 Å². The molecule has 4 heterocycles. The van der Waals surface area contributed by atoms with E-state index in [2.05, 4.69) is 208 Å². The van der Waals surface area contributed by atoms with Gasteiger partial charge in [0.2, 0.25) is 11.4 Å². The molecule has 0 bridgehead atoms. The van der Waals surface area contributed by atoms with Crippen LogP contribution in [0.2, 0.25) is 0 Å². The third-order valence-corrected chi connectivity index (χ3v) is 22.1. The van der Waals surface area contributed by atoms with Crippen LogP contribution < -0.4 is 9.80 Å². The van der Waals surface area contributed by atoms with E-state index in [4.69, 9.17) is 37.4 Å². The molecule has 0 aromatic heterocycles. The molecule has 0 saturated heterocycles. The molecule has 4 aromatic carbocycles. The lowest BCUT2D eigenvalue weighted by Crippen LogP contribution is -2.29. The summed E-state index contributed by atoms with van der Waals surface area (Å²) in [6.45, 7) is 23.4. The minimum absolute atomic E-state index is 0.257. The Balaban J connectivity index is 0.729. The summed E-state index contributed by atoms with van der Waals surface area (Å²) < 4.78 is 91.4. The summed E-state index contributed by atoms with van der Waals surface area (Å²) in [4.78, 5) is 4.76. The van der Waals surface area contributed by atoms with Gasteiger partial charge in [-0.3, -0.25) is 0 Å². The Labute approximate surface area is 563 Å². The van der Waals surface area contributed by atoms with Gasteiger partial charge in [0.25, 0.3) is 0 Å². The second-order valence-corrected chi connectivity index (χ2v) is 31.1. The Morgan fingerprint density at radius 3 is 1.19 bits per heavy atom. The van der Waals surface area contributed by atoms with Crippen LogP contribution in [0.3, 0.4) is 0 Å². The number of nitrogens with zero attached hydrogens (tertiary/aromatic N) is 4. The van der Waals surface area contributed by atoms with Gasteiger partial charge in [-0.25, -0.2) is 16.8 Å². The molecule has 93 heavy (non-hydrogen) atoms. The molecule has 4 aliphatic heterocycles. The van der Waals surface area contributed by atoms with Gasteiger partial charge in [0, 0.05) is 117 Å². The van der Waals surface area contributed by atoms with Crippen molar-refractivity contribution in [2.75, 3.05) is 87.1 Å². The standard InChI is InChI=1S/C76H92Cl2N4O9S2/c1-73(2)59-27-9-13-31-63(59)79(43-17-19-53-92(83,84)85)67(73)39-35-55-23-21-25-57(71(55)77)37-41-69-75(5,6)61-29-11-15-33-65(61)81(69)45-47-89-49-51-91-52-50-90-48-46-82-66-34-16-12-30-62(66)76(7,8)70(82)42-38-58-26-22-24-56(72(58)78)36-40-68-74(3,4)60-28-10-14-32-64(60)80(68)44-18-20-54-93(86,87)88/h9-16,27-42H,17-26,43-54H2,1-8H3. The number of halogens is 2. The van der Waals surface area contributed by atoms with Gasteiger partial charge in [-0.2, -0.15) is 9.15 Å². The van der Waals surface area contributed by atoms with Crippen LogP contribution in [0.4, 0.5) is 22.7 Å². The van der Waals surface area contributed by atoms with Gasteiger partial charge in [-0.15, -0.1) is 0 Å². The fraction of sp³-hybridized carbons (Fsp3) is 0.447. The van der Waals surface area contributed by atoms with Crippen LogP contribution in [-0.2, 0) is 56.1 Å². The highest BCUT2D eigenvalue weighted by Gasteiger charge is 2.46. The van der Waals surface area contributed by atoms with Crippen molar-refractivity contribution >= 4 is 77.6 Å². The van der Waals surface area contributed by atoms with Crippen LogP contribution in [0.25, 0.3) is 0 Å². The Bertz CT molecular complexity index is 3770. The number of ether oxygens (including phenoxy) is 3. The topological polar surface area (TPSA) is 155 Å². The van der Waals surface area contributed by atoms with Crippen molar-refractivity contribution in [2.45, 2.75) is 141 Å². The van der Waals surface area contributed by atoms with E-state index in [-0.39, 0.29) is 33.2 Å². The first-order valence-corrected chi connectivity index (χ1v) is 37.0. The zero-order valence-electron chi connectivity index (χ0n) is 55.4. The van der Waals surface area contributed by atoms with Gasteiger partial charge in [0.15, 0.2) is 11.4 Å². The molecule has 10 rings (SSSR count). The van der Waals surface area contributed by atoms with Crippen molar-refractivity contribution in [3.8, 4) is 0 Å². The lowest BCUT2D eigenvalue weighted by atomic mass is 9.81. The first-order valence-electron chi connectivity index (χ1n) is 33.1. The molecular weight excluding hydrogens is 1250 g/mol. The number of hydrogen-bond donors (Lipinski definition) is 0. The van der Waals surface area contributed by atoms with E-state index in [0.717, 1.165) is 93.7 Å². The van der Waals surface area contributed by atoms with Gasteiger partial charge in [-0.1, -0.05) is 148 Å². The van der Waals surface area contributed by atoms with Crippen molar-refractivity contribution in [1.82, 2.24) is 0 Å². The molecule has 13 nitrogen and oxygen atoms in total. The normalized spacial score (nSPS) is 20.9. The van der Waals surface area contributed by atoms with Crippen molar-refractivity contribution in [3.05, 3.63) is 212 Å². The van der Waals surface area contributed by atoms with Crippen LogP contribution in [0.5, 0.6) is 0 Å². The third-order valence-electron chi connectivity index (χ3n) is 19.6. The van der Waals surface area contributed by atoms with E-state index in [1.165, 1.54) is 45.0 Å². The summed E-state index contributed by atoms with van der Waals surface area (Å²) in [5, 5.41) is 1.55. The molecule has 0 atom stereocenters. The number of hydrogen-bond acceptors (Lipinski definition) is 11. The number of anilines is 2. The summed E-state index contributed by atoms with van der Waals surface area (Å²) >= 11 is 14.7. The van der Waals surface area contributed by atoms with Crippen LogP contribution >= 0.6 is 23.2 Å². The second kappa shape index (κ2) is 29.6. The quantitative estimate of drug-likeness (QED) is 0.0303. The second-order valence-electron chi connectivity index (χ2n) is 27.3. The fourth-order valence-electron chi connectivity index (χ4n) is 14.6. The van der Waals surface area contributed by atoms with Gasteiger partial charge in [0.05, 0.1) is 70.7 Å². The number of rotatable bonds is 28. The molecule has 17 heteroatoms. The van der Waals surface area contributed by atoms with Gasteiger partial charge in [-0.05, 0) is 137 Å². The predicted molar refractivity (Wildman–Crippen MR) is 376 cm³/mol. The van der Waals surface area contributed by atoms with Crippen molar-refractivity contribution in [3.63, 3.8) is 0 Å². The van der Waals surface area contributed by atoms with Crippen LogP contribution in [0.15, 0.2) is 189 Å². The molecule has 0 radical (unpaired) electrons. The third kappa shape index (κ3) is 15.8. The molecule has 496 valence electrons. The highest BCUT2D eigenvalue weighted by molar-refractivity contribution is 7.85. The predicted octanol–water partition coefficient (Wildman–Crippen LogP) is 15.5. The summed E-state index contributed by atoms with van der Waals surface area (Å²) in [6, 6.07) is 33.9. The van der Waals surface area contributed by atoms with Crippen molar-refractivity contribution in [1.29, 1.82) is 0 Å².